The first-order valence-electron chi connectivity index (χ1n) is 3.18. The van der Waals surface area contributed by atoms with Gasteiger partial charge in [0.05, 0.1) is 5.97 Å². The van der Waals surface area contributed by atoms with Crippen LogP contribution in [0.15, 0.2) is 18.2 Å². The molecular weight excluding hydrogens is 142 g/mol. The first-order chi connectivity index (χ1) is 5.11. The van der Waals surface area contributed by atoms with Gasteiger partial charge in [-0.3, -0.25) is 0 Å². The molecule has 0 fully saturated rings. The number of rotatable bonds is 1. The molecule has 1 aromatic rings. The third kappa shape index (κ3) is 1.49. The quantitative estimate of drug-likeness (QED) is 0.570. The van der Waals surface area contributed by atoms with Crippen molar-refractivity contribution in [3.63, 3.8) is 0 Å². The van der Waals surface area contributed by atoms with Crippen LogP contribution in [0.3, 0.4) is 0 Å². The molecule has 0 aromatic heterocycles. The maximum Gasteiger partial charge on any atom is 0.0736 e. The van der Waals surface area contributed by atoms with Crippen molar-refractivity contribution in [2.45, 2.75) is 6.92 Å². The highest BCUT2D eigenvalue weighted by molar-refractivity contribution is 5.92. The summed E-state index contributed by atoms with van der Waals surface area (Å²) in [5.74, 6) is -1.23. The lowest BCUT2D eigenvalue weighted by Crippen LogP contribution is -2.23. The molecule has 0 aliphatic heterocycles. The maximum atomic E-state index is 10.3. The molecule has 0 aliphatic rings. The number of carboxylic acid groups (broad SMARTS) is 1. The van der Waals surface area contributed by atoms with Gasteiger partial charge >= 0.3 is 0 Å². The van der Waals surface area contributed by atoms with Gasteiger partial charge in [-0.25, -0.2) is 0 Å². The number of carbonyl (C=O) groups is 1. The van der Waals surface area contributed by atoms with E-state index in [9.17, 15) is 9.90 Å². The predicted octanol–water partition coefficient (Wildman–Crippen LogP) is -0.0593. The van der Waals surface area contributed by atoms with Crippen LogP contribution in [-0.2, 0) is 0 Å². The summed E-state index contributed by atoms with van der Waals surface area (Å²) < 4.78 is 0. The number of nitrogen functional groups attached to an aromatic ring is 1. The van der Waals surface area contributed by atoms with Crippen molar-refractivity contribution in [3.05, 3.63) is 29.3 Å². The van der Waals surface area contributed by atoms with Gasteiger partial charge in [0.2, 0.25) is 0 Å². The molecule has 3 nitrogen and oxygen atoms in total. The molecule has 0 saturated heterocycles. The topological polar surface area (TPSA) is 66.1 Å². The van der Waals surface area contributed by atoms with Crippen molar-refractivity contribution in [2.75, 3.05) is 5.73 Å². The Morgan fingerprint density at radius 2 is 2.18 bits per heavy atom. The van der Waals surface area contributed by atoms with Crippen LogP contribution in [0.1, 0.15) is 15.9 Å². The number of aryl methyl sites for hydroxylation is 1. The monoisotopic (exact) mass is 150 g/mol. The van der Waals surface area contributed by atoms with Crippen LogP contribution in [0, 0.1) is 6.92 Å². The SMILES string of the molecule is Cc1ccc(C(=O)[O-])c(N)c1. The number of benzene rings is 1. The van der Waals surface area contributed by atoms with Crippen LogP contribution in [0.5, 0.6) is 0 Å². The van der Waals surface area contributed by atoms with E-state index in [1.807, 2.05) is 6.92 Å². The van der Waals surface area contributed by atoms with Crippen LogP contribution < -0.4 is 10.8 Å². The van der Waals surface area contributed by atoms with Gasteiger partial charge in [0.15, 0.2) is 0 Å². The van der Waals surface area contributed by atoms with Crippen LogP contribution in [-0.4, -0.2) is 5.97 Å². The number of carboxylic acids is 1. The number of carbonyl (C=O) groups excluding carboxylic acids is 1. The van der Waals surface area contributed by atoms with E-state index in [0.29, 0.717) is 0 Å². The lowest BCUT2D eigenvalue weighted by Gasteiger charge is -2.05. The van der Waals surface area contributed by atoms with Gasteiger partial charge in [-0.05, 0) is 18.6 Å². The zero-order valence-corrected chi connectivity index (χ0v) is 6.13. The van der Waals surface area contributed by atoms with E-state index in [-0.39, 0.29) is 11.3 Å². The van der Waals surface area contributed by atoms with Crippen LogP contribution in [0.4, 0.5) is 5.69 Å². The molecular formula is C8H8NO2-. The Morgan fingerprint density at radius 3 is 2.64 bits per heavy atom. The molecule has 0 heterocycles. The van der Waals surface area contributed by atoms with Gasteiger partial charge in [-0.15, -0.1) is 0 Å². The first kappa shape index (κ1) is 7.60. The van der Waals surface area contributed by atoms with E-state index in [0.717, 1.165) is 5.56 Å². The Morgan fingerprint density at radius 1 is 1.55 bits per heavy atom. The predicted molar refractivity (Wildman–Crippen MR) is 39.9 cm³/mol. The molecule has 0 bridgehead atoms. The summed E-state index contributed by atoms with van der Waals surface area (Å²) in [5.41, 5.74) is 6.65. The minimum Gasteiger partial charge on any atom is -0.545 e. The molecule has 0 radical (unpaired) electrons. The molecule has 0 saturated carbocycles. The summed E-state index contributed by atoms with van der Waals surface area (Å²) in [6.45, 7) is 1.84. The third-order valence-corrected chi connectivity index (χ3v) is 1.43. The lowest BCUT2D eigenvalue weighted by atomic mass is 10.1. The minimum atomic E-state index is -1.23. The summed E-state index contributed by atoms with van der Waals surface area (Å²) in [5, 5.41) is 10.3. The second-order valence-electron chi connectivity index (χ2n) is 2.38. The third-order valence-electron chi connectivity index (χ3n) is 1.43. The molecule has 1 aromatic carbocycles. The highest BCUT2D eigenvalue weighted by atomic mass is 16.4. The fourth-order valence-electron chi connectivity index (χ4n) is 0.868. The van der Waals surface area contributed by atoms with Crippen LogP contribution >= 0.6 is 0 Å². The number of anilines is 1. The van der Waals surface area contributed by atoms with Crippen molar-refractivity contribution in [1.82, 2.24) is 0 Å². The molecule has 0 spiro atoms. The maximum absolute atomic E-state index is 10.3. The summed E-state index contributed by atoms with van der Waals surface area (Å²) in [6.07, 6.45) is 0. The summed E-state index contributed by atoms with van der Waals surface area (Å²) in [4.78, 5) is 10.3. The highest BCUT2D eigenvalue weighted by Gasteiger charge is 1.98. The van der Waals surface area contributed by atoms with Crippen molar-refractivity contribution in [2.24, 2.45) is 0 Å². The zero-order valence-electron chi connectivity index (χ0n) is 6.13. The van der Waals surface area contributed by atoms with E-state index in [4.69, 9.17) is 5.73 Å². The van der Waals surface area contributed by atoms with E-state index in [1.54, 1.807) is 12.1 Å². The zero-order chi connectivity index (χ0) is 8.43. The fourth-order valence-corrected chi connectivity index (χ4v) is 0.868. The molecule has 0 unspecified atom stereocenters. The van der Waals surface area contributed by atoms with E-state index in [2.05, 4.69) is 0 Å². The molecule has 2 N–H and O–H groups in total. The average molecular weight is 150 g/mol. The number of nitrogens with two attached hydrogens (primary N) is 1. The van der Waals surface area contributed by atoms with Crippen molar-refractivity contribution in [1.29, 1.82) is 0 Å². The molecule has 0 aliphatic carbocycles. The number of aromatic carboxylic acids is 1. The summed E-state index contributed by atoms with van der Waals surface area (Å²) >= 11 is 0. The Labute approximate surface area is 64.5 Å². The van der Waals surface area contributed by atoms with Crippen LogP contribution in [0.25, 0.3) is 0 Å². The second kappa shape index (κ2) is 2.62. The average Bonchev–Trinajstić information content (AvgIpc) is 1.85. The second-order valence-corrected chi connectivity index (χ2v) is 2.38. The van der Waals surface area contributed by atoms with Gasteiger partial charge in [-0.1, -0.05) is 12.1 Å². The molecule has 0 amide bonds. The first-order valence-corrected chi connectivity index (χ1v) is 3.18. The van der Waals surface area contributed by atoms with Gasteiger partial charge in [0, 0.05) is 11.3 Å². The normalized spacial score (nSPS) is 9.55. The van der Waals surface area contributed by atoms with E-state index >= 15 is 0 Å². The Hall–Kier alpha value is -1.51. The molecule has 3 heteroatoms. The molecule has 58 valence electrons. The van der Waals surface area contributed by atoms with Gasteiger partial charge in [-0.2, -0.15) is 0 Å². The van der Waals surface area contributed by atoms with Crippen molar-refractivity contribution in [3.8, 4) is 0 Å². The van der Waals surface area contributed by atoms with Crippen molar-refractivity contribution >= 4 is 11.7 Å². The smallest absolute Gasteiger partial charge is 0.0736 e. The Balaban J connectivity index is 3.20. The molecule has 11 heavy (non-hydrogen) atoms. The summed E-state index contributed by atoms with van der Waals surface area (Å²) in [7, 11) is 0. The van der Waals surface area contributed by atoms with E-state index in [1.165, 1.54) is 6.07 Å². The largest absolute Gasteiger partial charge is 0.545 e. The fraction of sp³-hybridized carbons (Fsp3) is 0.125. The van der Waals surface area contributed by atoms with Crippen molar-refractivity contribution < 1.29 is 9.90 Å². The standard InChI is InChI=1S/C8H9NO2/c1-5-2-3-6(8(10)11)7(9)4-5/h2-4H,9H2,1H3,(H,10,11)/p-1. The highest BCUT2D eigenvalue weighted by Crippen LogP contribution is 2.12. The minimum absolute atomic E-state index is 0.0515. The number of hydrogen-bond donors (Lipinski definition) is 1. The van der Waals surface area contributed by atoms with Gasteiger partial charge < -0.3 is 15.6 Å². The van der Waals surface area contributed by atoms with E-state index < -0.39 is 5.97 Å². The molecule has 1 rings (SSSR count). The summed E-state index contributed by atoms with van der Waals surface area (Å²) in [6, 6.07) is 4.73. The number of hydrogen-bond acceptors (Lipinski definition) is 3. The Kier molecular flexibility index (Phi) is 1.81. The Bertz CT molecular complexity index is 294. The lowest BCUT2D eigenvalue weighted by molar-refractivity contribution is -0.254. The van der Waals surface area contributed by atoms with Gasteiger partial charge in [0.25, 0.3) is 0 Å². The molecule has 0 atom stereocenters. The van der Waals surface area contributed by atoms with Gasteiger partial charge in [0.1, 0.15) is 0 Å². The van der Waals surface area contributed by atoms with Crippen LogP contribution in [0.2, 0.25) is 0 Å².